The molecule has 2 aliphatic rings. The summed E-state index contributed by atoms with van der Waals surface area (Å²) in [5.41, 5.74) is 0. The summed E-state index contributed by atoms with van der Waals surface area (Å²) in [7, 11) is 3.84. The second-order valence-corrected chi connectivity index (χ2v) is 4.12. The Labute approximate surface area is 89.0 Å². The zero-order valence-corrected chi connectivity index (χ0v) is 9.19. The van der Waals surface area contributed by atoms with Crippen molar-refractivity contribution in [1.29, 1.82) is 0 Å². The van der Waals surface area contributed by atoms with Gasteiger partial charge < -0.3 is 0 Å². The quantitative estimate of drug-likeness (QED) is 0.399. The maximum absolute atomic E-state index is 11.6. The molecule has 0 bridgehead atoms. The highest BCUT2D eigenvalue weighted by molar-refractivity contribution is 6.14. The lowest BCUT2D eigenvalue weighted by atomic mass is 10.3. The third-order valence-electron chi connectivity index (χ3n) is 2.92. The van der Waals surface area contributed by atoms with Crippen LogP contribution in [0.1, 0.15) is 19.3 Å². The number of guanidine groups is 1. The van der Waals surface area contributed by atoms with Crippen molar-refractivity contribution in [3.63, 3.8) is 0 Å². The lowest BCUT2D eigenvalue weighted by Crippen LogP contribution is -2.52. The number of imide groups is 1. The maximum atomic E-state index is 11.6. The summed E-state index contributed by atoms with van der Waals surface area (Å²) in [5, 5.41) is 0. The average molecular weight is 210 g/mol. The number of carbonyl (C=O) groups excluding carboxylic acids is 2. The number of hydrogen-bond donors (Lipinski definition) is 0. The number of nitrogens with zero attached hydrogens (tertiary/aromatic N) is 3. The van der Waals surface area contributed by atoms with Crippen molar-refractivity contribution < 1.29 is 14.2 Å². The van der Waals surface area contributed by atoms with E-state index >= 15 is 0 Å². The summed E-state index contributed by atoms with van der Waals surface area (Å²) < 4.78 is 1.98. The summed E-state index contributed by atoms with van der Waals surface area (Å²) >= 11 is 0. The van der Waals surface area contributed by atoms with Gasteiger partial charge >= 0.3 is 5.96 Å². The molecule has 5 heteroatoms. The van der Waals surface area contributed by atoms with Crippen LogP contribution in [0.25, 0.3) is 0 Å². The highest BCUT2D eigenvalue weighted by atomic mass is 16.2. The van der Waals surface area contributed by atoms with E-state index in [2.05, 4.69) is 0 Å². The van der Waals surface area contributed by atoms with Crippen LogP contribution in [0.5, 0.6) is 0 Å². The van der Waals surface area contributed by atoms with Gasteiger partial charge in [-0.25, -0.2) is 0 Å². The lowest BCUT2D eigenvalue weighted by molar-refractivity contribution is -0.512. The molecule has 0 aromatic carbocycles. The molecule has 2 rings (SSSR count). The van der Waals surface area contributed by atoms with E-state index in [1.54, 1.807) is 0 Å². The predicted molar refractivity (Wildman–Crippen MR) is 54.4 cm³/mol. The second kappa shape index (κ2) is 3.64. The molecule has 0 unspecified atom stereocenters. The average Bonchev–Trinajstić information content (AvgIpc) is 2.49. The third kappa shape index (κ3) is 1.62. The second-order valence-electron chi connectivity index (χ2n) is 4.12. The summed E-state index contributed by atoms with van der Waals surface area (Å²) in [6, 6.07) is 0. The molecule has 15 heavy (non-hydrogen) atoms. The molecule has 2 aliphatic heterocycles. The van der Waals surface area contributed by atoms with Crippen LogP contribution in [0.15, 0.2) is 0 Å². The summed E-state index contributed by atoms with van der Waals surface area (Å²) in [5.74, 6) is 0.597. The first-order chi connectivity index (χ1) is 7.11. The van der Waals surface area contributed by atoms with Gasteiger partial charge in [0.15, 0.2) is 0 Å². The molecule has 82 valence electrons. The van der Waals surface area contributed by atoms with Crippen molar-refractivity contribution in [3.8, 4) is 0 Å². The number of rotatable bonds is 0. The standard InChI is InChI=1S/C10H16N3O2/c1-11-6-3-7-12(2)10(11)13-8(14)4-5-9(13)15/h3-7H2,1-2H3/q+1. The van der Waals surface area contributed by atoms with Gasteiger partial charge in [-0.2, -0.15) is 0 Å². The normalized spacial score (nSPS) is 23.1. The molecule has 0 saturated carbocycles. The van der Waals surface area contributed by atoms with Crippen molar-refractivity contribution in [2.75, 3.05) is 27.2 Å². The minimum Gasteiger partial charge on any atom is -0.267 e. The molecule has 0 aliphatic carbocycles. The SMILES string of the molecule is CN1CCC[N+](C)=C1N1C(=O)CCC1=O. The largest absolute Gasteiger partial charge is 0.364 e. The van der Waals surface area contributed by atoms with Crippen LogP contribution in [0.4, 0.5) is 0 Å². The molecule has 1 fully saturated rings. The molecule has 2 amide bonds. The molecule has 0 radical (unpaired) electrons. The smallest absolute Gasteiger partial charge is 0.267 e. The molecular formula is C10H16N3O2+. The number of likely N-dealkylation sites (tertiary alicyclic amines) is 1. The van der Waals surface area contributed by atoms with E-state index in [0.29, 0.717) is 12.8 Å². The van der Waals surface area contributed by atoms with E-state index in [-0.39, 0.29) is 11.8 Å². The fourth-order valence-electron chi connectivity index (χ4n) is 2.18. The van der Waals surface area contributed by atoms with Gasteiger partial charge in [-0.05, 0) is 0 Å². The zero-order chi connectivity index (χ0) is 11.0. The fourth-order valence-corrected chi connectivity index (χ4v) is 2.18. The number of hydrogen-bond acceptors (Lipinski definition) is 3. The van der Waals surface area contributed by atoms with Gasteiger partial charge in [0.1, 0.15) is 0 Å². The van der Waals surface area contributed by atoms with Gasteiger partial charge in [-0.15, -0.1) is 4.90 Å². The van der Waals surface area contributed by atoms with Crippen molar-refractivity contribution in [3.05, 3.63) is 0 Å². The van der Waals surface area contributed by atoms with Crippen LogP contribution in [0.2, 0.25) is 0 Å². The predicted octanol–water partition coefficient (Wildman–Crippen LogP) is -0.531. The molecular weight excluding hydrogens is 194 g/mol. The Balaban J connectivity index is 2.35. The van der Waals surface area contributed by atoms with E-state index < -0.39 is 0 Å². The van der Waals surface area contributed by atoms with E-state index in [4.69, 9.17) is 0 Å². The number of amides is 2. The van der Waals surface area contributed by atoms with Crippen molar-refractivity contribution >= 4 is 17.8 Å². The van der Waals surface area contributed by atoms with Crippen LogP contribution in [-0.4, -0.2) is 59.3 Å². The van der Waals surface area contributed by atoms with Gasteiger partial charge in [0, 0.05) is 6.42 Å². The monoisotopic (exact) mass is 210 g/mol. The highest BCUT2D eigenvalue weighted by Crippen LogP contribution is 2.15. The molecule has 0 aromatic heterocycles. The third-order valence-corrected chi connectivity index (χ3v) is 2.92. The Hall–Kier alpha value is -1.39. The first kappa shape index (κ1) is 10.1. The Morgan fingerprint density at radius 3 is 2.33 bits per heavy atom. The van der Waals surface area contributed by atoms with E-state index in [9.17, 15) is 9.59 Å². The molecule has 2 heterocycles. The number of carbonyl (C=O) groups is 2. The van der Waals surface area contributed by atoms with E-state index in [1.165, 1.54) is 4.90 Å². The summed E-state index contributed by atoms with van der Waals surface area (Å²) in [6.07, 6.45) is 1.76. The maximum Gasteiger partial charge on any atom is 0.364 e. The molecule has 0 aromatic rings. The van der Waals surface area contributed by atoms with Crippen LogP contribution in [-0.2, 0) is 9.59 Å². The first-order valence-corrected chi connectivity index (χ1v) is 5.26. The highest BCUT2D eigenvalue weighted by Gasteiger charge is 2.43. The van der Waals surface area contributed by atoms with Gasteiger partial charge in [0.25, 0.3) is 11.8 Å². The Morgan fingerprint density at radius 2 is 1.80 bits per heavy atom. The van der Waals surface area contributed by atoms with Crippen LogP contribution in [0, 0.1) is 0 Å². The van der Waals surface area contributed by atoms with Crippen LogP contribution < -0.4 is 0 Å². The molecule has 0 spiro atoms. The zero-order valence-electron chi connectivity index (χ0n) is 9.19. The molecule has 0 atom stereocenters. The van der Waals surface area contributed by atoms with Gasteiger partial charge in [0.2, 0.25) is 0 Å². The topological polar surface area (TPSA) is 43.6 Å². The lowest BCUT2D eigenvalue weighted by Gasteiger charge is -2.25. The van der Waals surface area contributed by atoms with Crippen molar-refractivity contribution in [2.24, 2.45) is 0 Å². The Kier molecular flexibility index (Phi) is 2.46. The van der Waals surface area contributed by atoms with Crippen LogP contribution >= 0.6 is 0 Å². The molecule has 0 N–H and O–H groups in total. The van der Waals surface area contributed by atoms with Crippen molar-refractivity contribution in [2.45, 2.75) is 19.3 Å². The molecule has 1 saturated heterocycles. The van der Waals surface area contributed by atoms with Gasteiger partial charge in [0.05, 0.1) is 40.0 Å². The van der Waals surface area contributed by atoms with Crippen LogP contribution in [0.3, 0.4) is 0 Å². The molecule has 5 nitrogen and oxygen atoms in total. The summed E-state index contributed by atoms with van der Waals surface area (Å²) in [6.45, 7) is 1.80. The van der Waals surface area contributed by atoms with Gasteiger partial charge in [-0.1, -0.05) is 0 Å². The minimum atomic E-state index is -0.0735. The minimum absolute atomic E-state index is 0.0735. The van der Waals surface area contributed by atoms with Crippen molar-refractivity contribution in [1.82, 2.24) is 9.80 Å². The fraction of sp³-hybridized carbons (Fsp3) is 0.700. The Bertz CT molecular complexity index is 333. The van der Waals surface area contributed by atoms with E-state index in [0.717, 1.165) is 25.5 Å². The van der Waals surface area contributed by atoms with E-state index in [1.807, 2.05) is 23.6 Å². The first-order valence-electron chi connectivity index (χ1n) is 5.26. The van der Waals surface area contributed by atoms with Gasteiger partial charge in [-0.3, -0.25) is 19.1 Å². The Morgan fingerprint density at radius 1 is 1.20 bits per heavy atom. The summed E-state index contributed by atoms with van der Waals surface area (Å²) in [4.78, 5) is 26.5.